The Kier molecular flexibility index (Phi) is 7.57. The summed E-state index contributed by atoms with van der Waals surface area (Å²) in [7, 11) is 0. The van der Waals surface area contributed by atoms with Crippen LogP contribution in [-0.4, -0.2) is 29.2 Å². The fourth-order valence-electron chi connectivity index (χ4n) is 4.77. The molecule has 1 aliphatic heterocycles. The van der Waals surface area contributed by atoms with Crippen LogP contribution in [0.2, 0.25) is 0 Å². The largest absolute Gasteiger partial charge is 0.358 e. The lowest BCUT2D eigenvalue weighted by molar-refractivity contribution is 0.0935. The molecule has 5 rings (SSSR count). The average molecular weight is 514 g/mol. The Morgan fingerprint density at radius 3 is 2.56 bits per heavy atom. The zero-order valence-corrected chi connectivity index (χ0v) is 20.6. The van der Waals surface area contributed by atoms with Gasteiger partial charge in [0.25, 0.3) is 0 Å². The van der Waals surface area contributed by atoms with E-state index in [0.29, 0.717) is 12.5 Å². The summed E-state index contributed by atoms with van der Waals surface area (Å²) in [6.45, 7) is 2.83. The minimum absolute atomic E-state index is 0. The Bertz CT molecular complexity index is 1090. The van der Waals surface area contributed by atoms with E-state index >= 15 is 0 Å². The Morgan fingerprint density at radius 1 is 0.969 bits per heavy atom. The van der Waals surface area contributed by atoms with Gasteiger partial charge in [0.1, 0.15) is 0 Å². The summed E-state index contributed by atoms with van der Waals surface area (Å²) in [5.41, 5.74) is 6.95. The quantitative estimate of drug-likeness (QED) is 0.233. The highest BCUT2D eigenvalue weighted by Crippen LogP contribution is 2.33. The molecular weight excluding hydrogens is 484 g/mol. The number of aryl methyl sites for hydroxylation is 1. The van der Waals surface area contributed by atoms with E-state index in [1.807, 2.05) is 0 Å². The van der Waals surface area contributed by atoms with Crippen LogP contribution in [0.3, 0.4) is 0 Å². The first kappa shape index (κ1) is 23.3. The molecule has 32 heavy (non-hydrogen) atoms. The molecule has 0 fully saturated rings. The van der Waals surface area contributed by atoms with Gasteiger partial charge in [-0.1, -0.05) is 54.6 Å². The lowest BCUT2D eigenvalue weighted by atomic mass is 9.94. The number of nitrogens with one attached hydrogen (secondary N) is 2. The van der Waals surface area contributed by atoms with Gasteiger partial charge < -0.3 is 15.0 Å². The van der Waals surface area contributed by atoms with Gasteiger partial charge in [0.2, 0.25) is 0 Å². The minimum atomic E-state index is -0.499. The van der Waals surface area contributed by atoms with Crippen LogP contribution in [0.25, 0.3) is 10.9 Å². The van der Waals surface area contributed by atoms with E-state index in [1.54, 1.807) is 0 Å². The highest BCUT2D eigenvalue weighted by atomic mass is 79.9. The van der Waals surface area contributed by atoms with Gasteiger partial charge in [-0.3, -0.25) is 0 Å². The number of benzene rings is 2. The highest BCUT2D eigenvalue weighted by molar-refractivity contribution is 9.10. The van der Waals surface area contributed by atoms with Gasteiger partial charge in [-0.2, -0.15) is 0 Å². The molecule has 2 aliphatic rings. The van der Waals surface area contributed by atoms with Gasteiger partial charge in [-0.15, -0.1) is 12.4 Å². The summed E-state index contributed by atoms with van der Waals surface area (Å²) < 4.78 is 5.73. The minimum Gasteiger partial charge on any atom is -0.358 e. The van der Waals surface area contributed by atoms with Gasteiger partial charge in [0, 0.05) is 42.1 Å². The lowest BCUT2D eigenvalue weighted by Crippen LogP contribution is -2.22. The number of aromatic amines is 1. The number of fused-ring (bicyclic) bond motifs is 3. The van der Waals surface area contributed by atoms with Crippen molar-refractivity contribution in [3.05, 3.63) is 95.2 Å². The van der Waals surface area contributed by atoms with Crippen molar-refractivity contribution in [3.63, 3.8) is 0 Å². The average Bonchev–Trinajstić information content (AvgIpc) is 3.00. The summed E-state index contributed by atoms with van der Waals surface area (Å²) in [5, 5.41) is 4.96. The van der Waals surface area contributed by atoms with E-state index in [9.17, 15) is 0 Å². The number of aromatic nitrogens is 1. The van der Waals surface area contributed by atoms with Crippen LogP contribution >= 0.6 is 28.3 Å². The fraction of sp³-hybridized carbons (Fsp3) is 0.333. The fourth-order valence-corrected chi connectivity index (χ4v) is 5.24. The summed E-state index contributed by atoms with van der Waals surface area (Å²) >= 11 is 3.77. The van der Waals surface area contributed by atoms with Gasteiger partial charge in [-0.25, -0.2) is 0 Å². The number of rotatable bonds is 6. The molecular formula is C27H30BrClN2O. The molecule has 168 valence electrons. The van der Waals surface area contributed by atoms with E-state index in [4.69, 9.17) is 4.74 Å². The van der Waals surface area contributed by atoms with Crippen LogP contribution in [-0.2, 0) is 24.0 Å². The third kappa shape index (κ3) is 5.04. The Morgan fingerprint density at radius 2 is 1.75 bits per heavy atom. The van der Waals surface area contributed by atoms with E-state index in [1.165, 1.54) is 33.3 Å². The first-order valence-electron chi connectivity index (χ1n) is 11.3. The summed E-state index contributed by atoms with van der Waals surface area (Å²) in [5.74, 6) is 0.311. The molecule has 0 amide bonds. The van der Waals surface area contributed by atoms with Crippen molar-refractivity contribution in [2.75, 3.05) is 19.7 Å². The molecule has 0 spiro atoms. The topological polar surface area (TPSA) is 37.0 Å². The molecule has 0 saturated heterocycles. The highest BCUT2D eigenvalue weighted by Gasteiger charge is 2.24. The number of hydrogen-bond donors (Lipinski definition) is 2. The third-order valence-electron chi connectivity index (χ3n) is 6.37. The van der Waals surface area contributed by atoms with Gasteiger partial charge in [0.05, 0.1) is 0 Å². The van der Waals surface area contributed by atoms with Crippen LogP contribution in [0.15, 0.2) is 72.8 Å². The molecule has 0 radical (unpaired) electrons. The standard InChI is InChI=1S/C27H29BrN2O.ClH/c28-27(15-11-21(12-16-27)20-6-2-1-3-7-20)31-19-5-9-22-8-4-10-25-26(22)23-13-17-29-18-14-24(23)30-25;/h1-4,6-8,10-12,15-16,21,29-30H,5,9,13-14,17-19H2;1H. The number of H-pyrrole nitrogens is 1. The van der Waals surface area contributed by atoms with Crippen molar-refractivity contribution in [3.8, 4) is 0 Å². The SMILES string of the molecule is BrC1(OCCCc2cccc3[nH]c4c(c23)CCNCC4)C=CC(c2ccccc2)C=C1.Cl. The maximum Gasteiger partial charge on any atom is 0.159 e. The van der Waals surface area contributed by atoms with Gasteiger partial charge in [0.15, 0.2) is 4.51 Å². The van der Waals surface area contributed by atoms with Crippen LogP contribution in [0.5, 0.6) is 0 Å². The maximum atomic E-state index is 6.23. The second-order valence-electron chi connectivity index (χ2n) is 8.48. The van der Waals surface area contributed by atoms with Crippen molar-refractivity contribution < 1.29 is 4.74 Å². The molecule has 5 heteroatoms. The molecule has 1 aromatic heterocycles. The van der Waals surface area contributed by atoms with Crippen molar-refractivity contribution in [2.24, 2.45) is 0 Å². The van der Waals surface area contributed by atoms with Crippen LogP contribution in [0.4, 0.5) is 0 Å². The molecule has 0 saturated carbocycles. The Labute approximate surface area is 204 Å². The van der Waals surface area contributed by atoms with Crippen LogP contribution < -0.4 is 5.32 Å². The zero-order valence-electron chi connectivity index (χ0n) is 18.1. The van der Waals surface area contributed by atoms with E-state index in [2.05, 4.69) is 99.1 Å². The smallest absolute Gasteiger partial charge is 0.159 e. The van der Waals surface area contributed by atoms with Gasteiger partial charge >= 0.3 is 0 Å². The molecule has 0 unspecified atom stereocenters. The normalized spacial score (nSPS) is 22.3. The molecule has 0 atom stereocenters. The molecule has 1 aliphatic carbocycles. The molecule has 2 aromatic carbocycles. The summed E-state index contributed by atoms with van der Waals surface area (Å²) in [6, 6.07) is 17.2. The summed E-state index contributed by atoms with van der Waals surface area (Å²) in [4.78, 5) is 3.67. The molecule has 3 aromatic rings. The number of halogens is 2. The first-order valence-corrected chi connectivity index (χ1v) is 12.1. The predicted octanol–water partition coefficient (Wildman–Crippen LogP) is 6.23. The number of allylic oxidation sites excluding steroid dienone is 2. The van der Waals surface area contributed by atoms with Crippen molar-refractivity contribution >= 4 is 39.2 Å². The third-order valence-corrected chi connectivity index (χ3v) is 7.12. The Balaban J connectivity index is 0.00000245. The van der Waals surface area contributed by atoms with Crippen molar-refractivity contribution in [2.45, 2.75) is 36.1 Å². The molecule has 2 N–H and O–H groups in total. The van der Waals surface area contributed by atoms with E-state index in [-0.39, 0.29) is 12.4 Å². The second kappa shape index (κ2) is 10.4. The molecule has 0 bridgehead atoms. The predicted molar refractivity (Wildman–Crippen MR) is 139 cm³/mol. The number of alkyl halides is 1. The van der Waals surface area contributed by atoms with E-state index < -0.39 is 4.51 Å². The zero-order chi connectivity index (χ0) is 21.1. The lowest BCUT2D eigenvalue weighted by Gasteiger charge is -2.25. The molecule has 3 nitrogen and oxygen atoms in total. The second-order valence-corrected chi connectivity index (χ2v) is 9.72. The maximum absolute atomic E-state index is 6.23. The van der Waals surface area contributed by atoms with Crippen LogP contribution in [0.1, 0.15) is 34.7 Å². The Hall–Kier alpha value is -1.85. The van der Waals surface area contributed by atoms with Crippen molar-refractivity contribution in [1.29, 1.82) is 0 Å². The van der Waals surface area contributed by atoms with E-state index in [0.717, 1.165) is 38.8 Å². The molecule has 2 heterocycles. The summed E-state index contributed by atoms with van der Waals surface area (Å²) in [6.07, 6.45) is 12.9. The number of hydrogen-bond acceptors (Lipinski definition) is 2. The first-order chi connectivity index (χ1) is 15.2. The van der Waals surface area contributed by atoms with Crippen LogP contribution in [0, 0.1) is 0 Å². The monoisotopic (exact) mass is 512 g/mol. The van der Waals surface area contributed by atoms with Crippen molar-refractivity contribution in [1.82, 2.24) is 10.3 Å². The number of ether oxygens (including phenoxy) is 1. The van der Waals surface area contributed by atoms with Gasteiger partial charge in [-0.05, 0) is 76.6 Å².